The van der Waals surface area contributed by atoms with Crippen molar-refractivity contribution in [2.75, 3.05) is 37.6 Å². The summed E-state index contributed by atoms with van der Waals surface area (Å²) in [5.74, 6) is 0.290. The van der Waals surface area contributed by atoms with Crippen LogP contribution in [0.4, 0.5) is 5.13 Å². The first-order valence-electron chi connectivity index (χ1n) is 7.01. The molecule has 0 radical (unpaired) electrons. The number of anilines is 1. The zero-order valence-electron chi connectivity index (χ0n) is 11.9. The lowest BCUT2D eigenvalue weighted by atomic mass is 10.2. The molecule has 1 aromatic heterocycles. The number of rotatable bonds is 2. The number of nitrogens with one attached hydrogen (secondary N) is 1. The lowest BCUT2D eigenvalue weighted by Gasteiger charge is -2.24. The Kier molecular flexibility index (Phi) is 7.73. The van der Waals surface area contributed by atoms with Gasteiger partial charge in [-0.1, -0.05) is 0 Å². The Hall–Kier alpha value is -0.560. The van der Waals surface area contributed by atoms with Gasteiger partial charge in [-0.3, -0.25) is 4.79 Å². The lowest BCUT2D eigenvalue weighted by molar-refractivity contribution is -0.132. The molecule has 2 aliphatic heterocycles. The molecule has 2 saturated heterocycles. The van der Waals surface area contributed by atoms with Crippen LogP contribution in [0.25, 0.3) is 0 Å². The summed E-state index contributed by atoms with van der Waals surface area (Å²) in [4.78, 5) is 21.1. The van der Waals surface area contributed by atoms with Crippen LogP contribution in [0.15, 0.2) is 11.6 Å². The van der Waals surface area contributed by atoms with E-state index in [4.69, 9.17) is 0 Å². The van der Waals surface area contributed by atoms with Crippen molar-refractivity contribution < 1.29 is 4.79 Å². The highest BCUT2D eigenvalue weighted by Crippen LogP contribution is 2.19. The Balaban J connectivity index is 0.00000110. The number of amides is 1. The first-order chi connectivity index (χ1) is 9.34. The van der Waals surface area contributed by atoms with Gasteiger partial charge in [0.1, 0.15) is 0 Å². The van der Waals surface area contributed by atoms with E-state index in [1.54, 1.807) is 11.3 Å². The van der Waals surface area contributed by atoms with Crippen LogP contribution in [-0.4, -0.2) is 54.6 Å². The Morgan fingerprint density at radius 1 is 1.24 bits per heavy atom. The van der Waals surface area contributed by atoms with Gasteiger partial charge in [0.2, 0.25) is 5.91 Å². The van der Waals surface area contributed by atoms with Crippen molar-refractivity contribution in [2.45, 2.75) is 25.3 Å². The summed E-state index contributed by atoms with van der Waals surface area (Å²) in [6.45, 7) is 4.56. The smallest absolute Gasteiger partial charge is 0.239 e. The minimum Gasteiger partial charge on any atom is -0.346 e. The lowest BCUT2D eigenvalue weighted by Crippen LogP contribution is -2.45. The van der Waals surface area contributed by atoms with E-state index in [2.05, 4.69) is 15.2 Å². The molecule has 0 aromatic carbocycles. The third-order valence-electron chi connectivity index (χ3n) is 3.86. The van der Waals surface area contributed by atoms with E-state index >= 15 is 0 Å². The molecule has 120 valence electrons. The van der Waals surface area contributed by atoms with Crippen LogP contribution >= 0.6 is 36.2 Å². The van der Waals surface area contributed by atoms with Gasteiger partial charge in [0.25, 0.3) is 0 Å². The fourth-order valence-corrected chi connectivity index (χ4v) is 3.51. The maximum Gasteiger partial charge on any atom is 0.239 e. The second-order valence-electron chi connectivity index (χ2n) is 5.13. The summed E-state index contributed by atoms with van der Waals surface area (Å²) in [5, 5.41) is 6.38. The molecule has 3 rings (SSSR count). The van der Waals surface area contributed by atoms with Crippen molar-refractivity contribution in [3.63, 3.8) is 0 Å². The van der Waals surface area contributed by atoms with Gasteiger partial charge < -0.3 is 15.1 Å². The van der Waals surface area contributed by atoms with E-state index in [9.17, 15) is 4.79 Å². The number of thiazole rings is 1. The summed E-state index contributed by atoms with van der Waals surface area (Å²) in [6, 6.07) is 0.0615. The standard InChI is InChI=1S/C13H20N4OS.2ClH/c18-12(11-3-1-4-14-11)16-6-2-7-17(9-8-16)13-15-5-10-19-13;;/h5,10-11,14H,1-4,6-9H2;2*1H. The minimum atomic E-state index is 0. The average molecular weight is 353 g/mol. The van der Waals surface area contributed by atoms with Gasteiger partial charge in [0, 0.05) is 37.8 Å². The quantitative estimate of drug-likeness (QED) is 0.881. The highest BCUT2D eigenvalue weighted by Gasteiger charge is 2.28. The van der Waals surface area contributed by atoms with Gasteiger partial charge >= 0.3 is 0 Å². The van der Waals surface area contributed by atoms with E-state index in [1.807, 2.05) is 16.5 Å². The van der Waals surface area contributed by atoms with Gasteiger partial charge in [0.05, 0.1) is 6.04 Å². The molecule has 0 bridgehead atoms. The number of nitrogens with zero attached hydrogens (tertiary/aromatic N) is 3. The van der Waals surface area contributed by atoms with Gasteiger partial charge in [-0.25, -0.2) is 4.98 Å². The zero-order chi connectivity index (χ0) is 13.1. The predicted octanol–water partition coefficient (Wildman–Crippen LogP) is 1.78. The van der Waals surface area contributed by atoms with Crippen LogP contribution in [0.3, 0.4) is 0 Å². The van der Waals surface area contributed by atoms with Crippen LogP contribution in [0.2, 0.25) is 0 Å². The third kappa shape index (κ3) is 4.45. The molecule has 1 unspecified atom stereocenters. The maximum absolute atomic E-state index is 12.4. The molecule has 8 heteroatoms. The number of hydrogen-bond donors (Lipinski definition) is 1. The Labute approximate surface area is 141 Å². The largest absolute Gasteiger partial charge is 0.346 e. The second kappa shape index (κ2) is 8.78. The first-order valence-corrected chi connectivity index (χ1v) is 7.89. The van der Waals surface area contributed by atoms with E-state index in [-0.39, 0.29) is 30.9 Å². The molecule has 2 aliphatic rings. The normalized spacial score (nSPS) is 22.2. The fraction of sp³-hybridized carbons (Fsp3) is 0.692. The van der Waals surface area contributed by atoms with Crippen molar-refractivity contribution in [3.8, 4) is 0 Å². The average Bonchev–Trinajstić information content (AvgIpc) is 3.08. The van der Waals surface area contributed by atoms with Crippen molar-refractivity contribution >= 4 is 47.2 Å². The summed E-state index contributed by atoms with van der Waals surface area (Å²) in [5.41, 5.74) is 0. The number of halogens is 2. The Bertz CT molecular complexity index is 426. The summed E-state index contributed by atoms with van der Waals surface area (Å²) < 4.78 is 0. The van der Waals surface area contributed by atoms with E-state index < -0.39 is 0 Å². The summed E-state index contributed by atoms with van der Waals surface area (Å²) in [6.07, 6.45) is 4.98. The predicted molar refractivity (Wildman–Crippen MR) is 91.0 cm³/mol. The van der Waals surface area contributed by atoms with Crippen LogP contribution in [-0.2, 0) is 4.79 Å². The highest BCUT2D eigenvalue weighted by atomic mass is 35.5. The van der Waals surface area contributed by atoms with Crippen LogP contribution in [0.5, 0.6) is 0 Å². The number of hydrogen-bond acceptors (Lipinski definition) is 5. The molecule has 1 atom stereocenters. The molecule has 3 heterocycles. The van der Waals surface area contributed by atoms with Crippen LogP contribution in [0.1, 0.15) is 19.3 Å². The van der Waals surface area contributed by atoms with Gasteiger partial charge in [-0.05, 0) is 25.8 Å². The van der Waals surface area contributed by atoms with Gasteiger partial charge in [0.15, 0.2) is 5.13 Å². The molecule has 0 saturated carbocycles. The van der Waals surface area contributed by atoms with Crippen molar-refractivity contribution in [1.29, 1.82) is 0 Å². The third-order valence-corrected chi connectivity index (χ3v) is 4.69. The maximum atomic E-state index is 12.4. The molecule has 1 aromatic rings. The summed E-state index contributed by atoms with van der Waals surface area (Å²) in [7, 11) is 0. The Morgan fingerprint density at radius 2 is 2.10 bits per heavy atom. The Morgan fingerprint density at radius 3 is 2.76 bits per heavy atom. The SMILES string of the molecule is Cl.Cl.O=C(C1CCCN1)N1CCCN(c2nccs2)CC1. The number of aromatic nitrogens is 1. The number of carbonyl (C=O) groups is 1. The van der Waals surface area contributed by atoms with Crippen molar-refractivity contribution in [2.24, 2.45) is 0 Å². The topological polar surface area (TPSA) is 48.5 Å². The van der Waals surface area contributed by atoms with E-state index in [0.29, 0.717) is 5.91 Å². The fourth-order valence-electron chi connectivity index (χ4n) is 2.82. The van der Waals surface area contributed by atoms with E-state index in [1.165, 1.54) is 0 Å². The van der Waals surface area contributed by atoms with Gasteiger partial charge in [-0.2, -0.15) is 0 Å². The molecule has 1 N–H and O–H groups in total. The van der Waals surface area contributed by atoms with Crippen LogP contribution in [0, 0.1) is 0 Å². The molecular formula is C13H22Cl2N4OS. The minimum absolute atomic E-state index is 0. The second-order valence-corrected chi connectivity index (χ2v) is 6.00. The molecule has 21 heavy (non-hydrogen) atoms. The van der Waals surface area contributed by atoms with Crippen LogP contribution < -0.4 is 10.2 Å². The zero-order valence-corrected chi connectivity index (χ0v) is 14.3. The summed E-state index contributed by atoms with van der Waals surface area (Å²) >= 11 is 1.67. The molecule has 0 spiro atoms. The molecule has 0 aliphatic carbocycles. The number of carbonyl (C=O) groups excluding carboxylic acids is 1. The molecule has 2 fully saturated rings. The molecule has 5 nitrogen and oxygen atoms in total. The van der Waals surface area contributed by atoms with Gasteiger partial charge in [-0.15, -0.1) is 36.2 Å². The molecular weight excluding hydrogens is 331 g/mol. The van der Waals surface area contributed by atoms with Crippen molar-refractivity contribution in [3.05, 3.63) is 11.6 Å². The monoisotopic (exact) mass is 352 g/mol. The van der Waals surface area contributed by atoms with Crippen molar-refractivity contribution in [1.82, 2.24) is 15.2 Å². The molecule has 1 amide bonds. The first kappa shape index (κ1) is 18.5. The highest BCUT2D eigenvalue weighted by molar-refractivity contribution is 7.13. The van der Waals surface area contributed by atoms with E-state index in [0.717, 1.165) is 57.1 Å².